The van der Waals surface area contributed by atoms with E-state index in [0.29, 0.717) is 39.2 Å². The van der Waals surface area contributed by atoms with Crippen LogP contribution in [0, 0.1) is 12.7 Å². The van der Waals surface area contributed by atoms with Crippen molar-refractivity contribution < 1.29 is 18.4 Å². The van der Waals surface area contributed by atoms with Crippen molar-refractivity contribution >= 4 is 28.6 Å². The maximum Gasteiger partial charge on any atom is 0.259 e. The molecule has 0 saturated heterocycles. The number of anilines is 1. The Balaban J connectivity index is 1.44. The topological polar surface area (TPSA) is 80.4 Å². The maximum atomic E-state index is 13.7. The van der Waals surface area contributed by atoms with Crippen molar-refractivity contribution in [3.8, 4) is 22.5 Å². The van der Waals surface area contributed by atoms with Gasteiger partial charge in [-0.25, -0.2) is 4.39 Å². The molecule has 2 heterocycles. The molecule has 2 aromatic heterocycles. The van der Waals surface area contributed by atoms with E-state index in [-0.39, 0.29) is 23.7 Å². The Morgan fingerprint density at radius 1 is 1.03 bits per heavy atom. The number of benzene rings is 3. The zero-order valence-corrected chi connectivity index (χ0v) is 21.9. The molecule has 0 radical (unpaired) electrons. The van der Waals surface area contributed by atoms with E-state index in [9.17, 15) is 14.0 Å². The molecule has 3 aromatic carbocycles. The van der Waals surface area contributed by atoms with Crippen LogP contribution >= 0.6 is 0 Å². The number of carbonyl (C=O) groups excluding carboxylic acids is 2. The fourth-order valence-corrected chi connectivity index (χ4v) is 4.95. The first kappa shape index (κ1) is 24.6. The molecule has 6 rings (SSSR count). The molecule has 8 heteroatoms. The predicted molar refractivity (Wildman–Crippen MR) is 148 cm³/mol. The van der Waals surface area contributed by atoms with Crippen molar-refractivity contribution in [3.05, 3.63) is 95.4 Å². The fourth-order valence-electron chi connectivity index (χ4n) is 4.95. The largest absolute Gasteiger partial charge is 0.455 e. The Morgan fingerprint density at radius 2 is 1.77 bits per heavy atom. The number of fused-ring (bicyclic) bond motifs is 1. The Bertz CT molecular complexity index is 1730. The average molecular weight is 523 g/mol. The molecule has 5 aromatic rings. The molecule has 2 amide bonds. The summed E-state index contributed by atoms with van der Waals surface area (Å²) in [6.45, 7) is 1.99. The number of halogens is 1. The van der Waals surface area contributed by atoms with E-state index in [1.165, 1.54) is 12.1 Å². The predicted octanol–water partition coefficient (Wildman–Crippen LogP) is 6.12. The number of rotatable bonds is 6. The number of hydrogen-bond acceptors (Lipinski definition) is 4. The van der Waals surface area contributed by atoms with Crippen LogP contribution < -0.4 is 10.2 Å². The lowest BCUT2D eigenvalue weighted by Gasteiger charge is -2.20. The van der Waals surface area contributed by atoms with Crippen LogP contribution in [0.15, 0.2) is 77.3 Å². The van der Waals surface area contributed by atoms with Crippen molar-refractivity contribution in [3.63, 3.8) is 0 Å². The van der Waals surface area contributed by atoms with Crippen LogP contribution in [0.25, 0.3) is 33.4 Å². The number of amides is 2. The van der Waals surface area contributed by atoms with Gasteiger partial charge in [0.2, 0.25) is 0 Å². The maximum absolute atomic E-state index is 13.7. The lowest BCUT2D eigenvalue weighted by atomic mass is 9.95. The van der Waals surface area contributed by atoms with E-state index in [0.717, 1.165) is 29.5 Å². The summed E-state index contributed by atoms with van der Waals surface area (Å²) in [6, 6.07) is 19.2. The van der Waals surface area contributed by atoms with E-state index < -0.39 is 0 Å². The average Bonchev–Trinajstić information content (AvgIpc) is 3.56. The third-order valence-corrected chi connectivity index (χ3v) is 7.12. The van der Waals surface area contributed by atoms with Crippen LogP contribution in [0.4, 0.5) is 10.2 Å². The summed E-state index contributed by atoms with van der Waals surface area (Å²) in [5, 5.41) is 7.80. The zero-order valence-electron chi connectivity index (χ0n) is 21.9. The van der Waals surface area contributed by atoms with Crippen LogP contribution in [0.5, 0.6) is 0 Å². The smallest absolute Gasteiger partial charge is 0.259 e. The molecule has 0 spiro atoms. The molecular weight excluding hydrogens is 495 g/mol. The molecule has 1 aliphatic carbocycles. The van der Waals surface area contributed by atoms with Gasteiger partial charge in [-0.3, -0.25) is 19.2 Å². The molecule has 1 saturated carbocycles. The molecule has 0 bridgehead atoms. The van der Waals surface area contributed by atoms with Gasteiger partial charge in [-0.1, -0.05) is 12.1 Å². The second-order valence-electron chi connectivity index (χ2n) is 9.89. The monoisotopic (exact) mass is 522 g/mol. The van der Waals surface area contributed by atoms with Gasteiger partial charge in [0.1, 0.15) is 17.2 Å². The van der Waals surface area contributed by atoms with Crippen molar-refractivity contribution in [1.29, 1.82) is 0 Å². The molecule has 0 atom stereocenters. The summed E-state index contributed by atoms with van der Waals surface area (Å²) in [5.74, 6) is 0.257. The quantitative estimate of drug-likeness (QED) is 0.292. The van der Waals surface area contributed by atoms with Gasteiger partial charge in [0.15, 0.2) is 5.82 Å². The van der Waals surface area contributed by atoms with Crippen LogP contribution in [0.3, 0.4) is 0 Å². The minimum Gasteiger partial charge on any atom is -0.455 e. The van der Waals surface area contributed by atoms with Gasteiger partial charge in [-0.05, 0) is 85.0 Å². The first-order valence-corrected chi connectivity index (χ1v) is 12.8. The Labute approximate surface area is 224 Å². The SMILES string of the molecule is CNC(=O)c1c(-c2ccc(F)cc2)oc2ccc(-c3cc(C(=O)N(c4ccn(C)n4)C4CC4)ccc3C)cc12. The highest BCUT2D eigenvalue weighted by molar-refractivity contribution is 6.12. The minimum atomic E-state index is -0.369. The van der Waals surface area contributed by atoms with Gasteiger partial charge in [-0.15, -0.1) is 0 Å². The summed E-state index contributed by atoms with van der Waals surface area (Å²) in [7, 11) is 3.40. The lowest BCUT2D eigenvalue weighted by molar-refractivity contribution is 0.0962. The zero-order chi connectivity index (χ0) is 27.3. The summed E-state index contributed by atoms with van der Waals surface area (Å²) >= 11 is 0. The summed E-state index contributed by atoms with van der Waals surface area (Å²) in [6.07, 6.45) is 3.75. The molecule has 0 unspecified atom stereocenters. The molecular formula is C31H27FN4O3. The molecule has 1 N–H and O–H groups in total. The highest BCUT2D eigenvalue weighted by Gasteiger charge is 2.35. The molecule has 0 aliphatic heterocycles. The van der Waals surface area contributed by atoms with Gasteiger partial charge in [0.05, 0.1) is 5.56 Å². The van der Waals surface area contributed by atoms with E-state index in [2.05, 4.69) is 10.4 Å². The van der Waals surface area contributed by atoms with Gasteiger partial charge in [0.25, 0.3) is 11.8 Å². The van der Waals surface area contributed by atoms with Gasteiger partial charge in [0, 0.05) is 48.9 Å². The standard InChI is InChI=1S/C31H27FN4O3/c1-18-4-5-21(31(38)36(23-11-12-23)27-14-15-35(3)34-27)17-24(18)20-8-13-26-25(16-20)28(30(37)33-2)29(39-26)19-6-9-22(32)10-7-19/h4-10,13-17,23H,11-12H2,1-3H3,(H,33,37). The fraction of sp³-hybridized carbons (Fsp3) is 0.194. The van der Waals surface area contributed by atoms with Crippen molar-refractivity contribution in [1.82, 2.24) is 15.1 Å². The number of aromatic nitrogens is 2. The van der Waals surface area contributed by atoms with Gasteiger partial charge in [-0.2, -0.15) is 5.10 Å². The van der Waals surface area contributed by atoms with E-state index >= 15 is 0 Å². The summed E-state index contributed by atoms with van der Waals surface area (Å²) in [4.78, 5) is 28.5. The first-order chi connectivity index (χ1) is 18.8. The van der Waals surface area contributed by atoms with Crippen LogP contribution in [-0.4, -0.2) is 34.7 Å². The van der Waals surface area contributed by atoms with Crippen LogP contribution in [-0.2, 0) is 7.05 Å². The van der Waals surface area contributed by atoms with Gasteiger partial charge < -0.3 is 9.73 Å². The third-order valence-electron chi connectivity index (χ3n) is 7.12. The molecule has 196 valence electrons. The number of hydrogen-bond donors (Lipinski definition) is 1. The molecule has 1 fully saturated rings. The van der Waals surface area contributed by atoms with E-state index in [1.807, 2.05) is 62.6 Å². The number of carbonyl (C=O) groups is 2. The van der Waals surface area contributed by atoms with E-state index in [1.54, 1.807) is 28.8 Å². The Morgan fingerprint density at radius 3 is 2.44 bits per heavy atom. The van der Waals surface area contributed by atoms with Crippen molar-refractivity contribution in [2.45, 2.75) is 25.8 Å². The van der Waals surface area contributed by atoms with Crippen LogP contribution in [0.2, 0.25) is 0 Å². The Hall–Kier alpha value is -4.72. The van der Waals surface area contributed by atoms with Crippen molar-refractivity contribution in [2.24, 2.45) is 7.05 Å². The lowest BCUT2D eigenvalue weighted by Crippen LogP contribution is -2.33. The van der Waals surface area contributed by atoms with Crippen LogP contribution in [0.1, 0.15) is 39.1 Å². The van der Waals surface area contributed by atoms with Gasteiger partial charge >= 0.3 is 0 Å². The normalized spacial score (nSPS) is 13.0. The van der Waals surface area contributed by atoms with Crippen molar-refractivity contribution in [2.75, 3.05) is 11.9 Å². The Kier molecular flexibility index (Phi) is 6.02. The number of nitrogens with zero attached hydrogens (tertiary/aromatic N) is 3. The second-order valence-corrected chi connectivity index (χ2v) is 9.89. The molecule has 39 heavy (non-hydrogen) atoms. The second kappa shape index (κ2) is 9.54. The summed E-state index contributed by atoms with van der Waals surface area (Å²) < 4.78 is 21.3. The summed E-state index contributed by atoms with van der Waals surface area (Å²) in [5.41, 5.74) is 4.81. The number of aryl methyl sites for hydroxylation is 2. The number of nitrogens with one attached hydrogen (secondary N) is 1. The molecule has 7 nitrogen and oxygen atoms in total. The van der Waals surface area contributed by atoms with E-state index in [4.69, 9.17) is 4.42 Å². The molecule has 1 aliphatic rings. The highest BCUT2D eigenvalue weighted by Crippen LogP contribution is 2.38. The highest BCUT2D eigenvalue weighted by atomic mass is 19.1. The first-order valence-electron chi connectivity index (χ1n) is 12.8. The minimum absolute atomic E-state index is 0.0912. The third kappa shape index (κ3) is 4.48. The number of furan rings is 1.